The van der Waals surface area contributed by atoms with Crippen molar-refractivity contribution in [2.45, 2.75) is 56.7 Å². The second-order valence-electron chi connectivity index (χ2n) is 7.02. The van der Waals surface area contributed by atoms with Gasteiger partial charge in [0.25, 0.3) is 0 Å². The Balaban J connectivity index is 1.80. The first-order chi connectivity index (χ1) is 8.98. The van der Waals surface area contributed by atoms with Gasteiger partial charge in [0.2, 0.25) is 0 Å². The van der Waals surface area contributed by atoms with E-state index in [4.69, 9.17) is 0 Å². The first kappa shape index (κ1) is 15.2. The molecule has 0 spiro atoms. The predicted molar refractivity (Wildman–Crippen MR) is 79.3 cm³/mol. The van der Waals surface area contributed by atoms with Crippen LogP contribution in [0.25, 0.3) is 0 Å². The Bertz CT molecular complexity index is 275. The maximum absolute atomic E-state index is 10.4. The van der Waals surface area contributed by atoms with Crippen molar-refractivity contribution in [1.29, 1.82) is 0 Å². The molecule has 1 saturated heterocycles. The molecule has 2 fully saturated rings. The zero-order valence-electron chi connectivity index (χ0n) is 12.8. The largest absolute Gasteiger partial charge is 0.388 e. The van der Waals surface area contributed by atoms with Gasteiger partial charge >= 0.3 is 0 Å². The average molecular weight is 269 g/mol. The standard InChI is InChI=1S/C15H31N3O/c1-15(19,11-18(2)3)10-17-14-7-4-6-12(14)13-8-5-9-16-13/h12-14,16-17,19H,4-11H2,1-3H3. The summed E-state index contributed by atoms with van der Waals surface area (Å²) in [5.74, 6) is 0.762. The molecule has 0 bridgehead atoms. The van der Waals surface area contributed by atoms with Crippen molar-refractivity contribution in [1.82, 2.24) is 15.5 Å². The number of aliphatic hydroxyl groups is 1. The summed E-state index contributed by atoms with van der Waals surface area (Å²) >= 11 is 0. The molecule has 112 valence electrons. The van der Waals surface area contributed by atoms with Gasteiger partial charge in [0.1, 0.15) is 0 Å². The summed E-state index contributed by atoms with van der Waals surface area (Å²) in [7, 11) is 4.02. The van der Waals surface area contributed by atoms with Gasteiger partial charge in [-0.15, -0.1) is 0 Å². The quantitative estimate of drug-likeness (QED) is 0.668. The molecule has 4 unspecified atom stereocenters. The lowest BCUT2D eigenvalue weighted by Gasteiger charge is -2.32. The second-order valence-corrected chi connectivity index (χ2v) is 7.02. The summed E-state index contributed by atoms with van der Waals surface area (Å²) < 4.78 is 0. The molecule has 1 aliphatic heterocycles. The maximum atomic E-state index is 10.4. The predicted octanol–water partition coefficient (Wildman–Crippen LogP) is 0.809. The number of nitrogens with zero attached hydrogens (tertiary/aromatic N) is 1. The van der Waals surface area contributed by atoms with Crippen molar-refractivity contribution in [3.8, 4) is 0 Å². The van der Waals surface area contributed by atoms with Gasteiger partial charge in [-0.2, -0.15) is 0 Å². The van der Waals surface area contributed by atoms with Gasteiger partial charge in [0, 0.05) is 25.2 Å². The summed E-state index contributed by atoms with van der Waals surface area (Å²) in [6.45, 7) is 4.52. The van der Waals surface area contributed by atoms with Crippen LogP contribution in [-0.2, 0) is 0 Å². The highest BCUT2D eigenvalue weighted by Gasteiger charge is 2.35. The highest BCUT2D eigenvalue weighted by molar-refractivity contribution is 4.94. The van der Waals surface area contributed by atoms with Crippen molar-refractivity contribution in [2.24, 2.45) is 5.92 Å². The molecule has 0 aromatic rings. The van der Waals surface area contributed by atoms with Gasteiger partial charge in [0.15, 0.2) is 0 Å². The minimum absolute atomic E-state index is 0.587. The van der Waals surface area contributed by atoms with Crippen molar-refractivity contribution in [3.63, 3.8) is 0 Å². The van der Waals surface area contributed by atoms with E-state index in [0.29, 0.717) is 25.2 Å². The van der Waals surface area contributed by atoms with Crippen molar-refractivity contribution < 1.29 is 5.11 Å². The second kappa shape index (κ2) is 6.53. The van der Waals surface area contributed by atoms with E-state index in [1.165, 1.54) is 38.6 Å². The van der Waals surface area contributed by atoms with E-state index in [2.05, 4.69) is 10.6 Å². The number of hydrogen-bond acceptors (Lipinski definition) is 4. The van der Waals surface area contributed by atoms with E-state index >= 15 is 0 Å². The average Bonchev–Trinajstić information content (AvgIpc) is 2.95. The van der Waals surface area contributed by atoms with Crippen LogP contribution in [0, 0.1) is 5.92 Å². The third-order valence-electron chi connectivity index (χ3n) is 4.59. The van der Waals surface area contributed by atoms with Gasteiger partial charge in [0.05, 0.1) is 5.60 Å². The molecule has 3 N–H and O–H groups in total. The Hall–Kier alpha value is -0.160. The lowest BCUT2D eigenvalue weighted by atomic mass is 9.92. The van der Waals surface area contributed by atoms with Crippen LogP contribution in [0.2, 0.25) is 0 Å². The van der Waals surface area contributed by atoms with Crippen LogP contribution < -0.4 is 10.6 Å². The third-order valence-corrected chi connectivity index (χ3v) is 4.59. The van der Waals surface area contributed by atoms with E-state index in [1.54, 1.807) is 0 Å². The number of nitrogens with one attached hydrogen (secondary N) is 2. The smallest absolute Gasteiger partial charge is 0.0869 e. The lowest BCUT2D eigenvalue weighted by Crippen LogP contribution is -2.50. The monoisotopic (exact) mass is 269 g/mol. The fraction of sp³-hybridized carbons (Fsp3) is 1.00. The molecule has 1 aliphatic carbocycles. The maximum Gasteiger partial charge on any atom is 0.0869 e. The third kappa shape index (κ3) is 4.42. The molecule has 4 atom stereocenters. The molecule has 4 heteroatoms. The minimum Gasteiger partial charge on any atom is -0.388 e. The fourth-order valence-electron chi connectivity index (χ4n) is 3.89. The van der Waals surface area contributed by atoms with E-state index in [1.807, 2.05) is 25.9 Å². The van der Waals surface area contributed by atoms with Gasteiger partial charge < -0.3 is 20.6 Å². The molecular weight excluding hydrogens is 238 g/mol. The summed E-state index contributed by atoms with van der Waals surface area (Å²) in [6, 6.07) is 1.29. The molecular formula is C15H31N3O. The van der Waals surface area contributed by atoms with Crippen LogP contribution in [0.5, 0.6) is 0 Å². The molecule has 0 radical (unpaired) electrons. The molecule has 0 amide bonds. The number of rotatable bonds is 6. The highest BCUT2D eigenvalue weighted by Crippen LogP contribution is 2.32. The van der Waals surface area contributed by atoms with Crippen LogP contribution in [0.15, 0.2) is 0 Å². The molecule has 2 rings (SSSR count). The van der Waals surface area contributed by atoms with Crippen LogP contribution in [0.3, 0.4) is 0 Å². The summed E-state index contributed by atoms with van der Waals surface area (Å²) in [6.07, 6.45) is 6.59. The molecule has 0 aromatic heterocycles. The zero-order chi connectivity index (χ0) is 13.9. The van der Waals surface area contributed by atoms with Crippen LogP contribution in [0.4, 0.5) is 0 Å². The fourth-order valence-corrected chi connectivity index (χ4v) is 3.89. The van der Waals surface area contributed by atoms with Gasteiger partial charge in [-0.1, -0.05) is 6.42 Å². The van der Waals surface area contributed by atoms with Gasteiger partial charge in [-0.3, -0.25) is 0 Å². The Morgan fingerprint density at radius 3 is 2.68 bits per heavy atom. The first-order valence-corrected chi connectivity index (χ1v) is 7.82. The SMILES string of the molecule is CN(C)CC(C)(O)CNC1CCCC1C1CCCN1. The Labute approximate surface area is 117 Å². The number of hydrogen-bond donors (Lipinski definition) is 3. The Kier molecular flexibility index (Phi) is 5.23. The summed E-state index contributed by atoms with van der Waals surface area (Å²) in [5, 5.41) is 17.7. The summed E-state index contributed by atoms with van der Waals surface area (Å²) in [4.78, 5) is 2.05. The Morgan fingerprint density at radius 1 is 1.26 bits per heavy atom. The van der Waals surface area contributed by atoms with E-state index < -0.39 is 5.60 Å². The minimum atomic E-state index is -0.639. The zero-order valence-corrected chi connectivity index (χ0v) is 12.8. The first-order valence-electron chi connectivity index (χ1n) is 7.82. The van der Waals surface area contributed by atoms with Crippen molar-refractivity contribution in [2.75, 3.05) is 33.7 Å². The molecule has 4 nitrogen and oxygen atoms in total. The summed E-state index contributed by atoms with van der Waals surface area (Å²) in [5.41, 5.74) is -0.639. The van der Waals surface area contributed by atoms with Gasteiger partial charge in [-0.05, 0) is 59.2 Å². The normalized spacial score (nSPS) is 34.9. The van der Waals surface area contributed by atoms with Crippen LogP contribution >= 0.6 is 0 Å². The molecule has 2 aliphatic rings. The highest BCUT2D eigenvalue weighted by atomic mass is 16.3. The van der Waals surface area contributed by atoms with Crippen LogP contribution in [-0.4, -0.2) is 61.4 Å². The van der Waals surface area contributed by atoms with Gasteiger partial charge in [-0.25, -0.2) is 0 Å². The topological polar surface area (TPSA) is 47.5 Å². The van der Waals surface area contributed by atoms with E-state index in [0.717, 1.165) is 5.92 Å². The molecule has 0 aromatic carbocycles. The van der Waals surface area contributed by atoms with Crippen molar-refractivity contribution >= 4 is 0 Å². The van der Waals surface area contributed by atoms with E-state index in [-0.39, 0.29) is 0 Å². The van der Waals surface area contributed by atoms with Crippen molar-refractivity contribution in [3.05, 3.63) is 0 Å². The number of likely N-dealkylation sites (N-methyl/N-ethyl adjacent to an activating group) is 1. The van der Waals surface area contributed by atoms with E-state index in [9.17, 15) is 5.11 Å². The lowest BCUT2D eigenvalue weighted by molar-refractivity contribution is 0.0296. The molecule has 19 heavy (non-hydrogen) atoms. The molecule has 1 saturated carbocycles. The molecule has 1 heterocycles. The Morgan fingerprint density at radius 2 is 2.05 bits per heavy atom. The van der Waals surface area contributed by atoms with Crippen LogP contribution in [0.1, 0.15) is 39.0 Å².